The molecule has 1 aromatic carbocycles. The molecule has 0 saturated carbocycles. The minimum atomic E-state index is -1.26. The van der Waals surface area contributed by atoms with Gasteiger partial charge in [0.05, 0.1) is 57.8 Å². The highest BCUT2D eigenvalue weighted by atomic mass is 16.6. The SMILES string of the molecule is O=C(O)CN(CC(=O)O)CC(=O)O.c1cc(CC2CO2)c(CC2CO2)c(CC2CO2)c1. The van der Waals surface area contributed by atoms with Crippen molar-refractivity contribution >= 4 is 17.9 Å². The van der Waals surface area contributed by atoms with Crippen molar-refractivity contribution in [3.63, 3.8) is 0 Å². The number of carbonyl (C=O) groups is 3. The average molecular weight is 437 g/mol. The molecule has 10 heteroatoms. The lowest BCUT2D eigenvalue weighted by Gasteiger charge is -2.14. The number of hydrogen-bond donors (Lipinski definition) is 3. The van der Waals surface area contributed by atoms with Crippen LogP contribution in [0.15, 0.2) is 18.2 Å². The van der Waals surface area contributed by atoms with Gasteiger partial charge in [-0.15, -0.1) is 0 Å². The molecule has 3 heterocycles. The number of benzene rings is 1. The largest absolute Gasteiger partial charge is 0.480 e. The molecule has 3 saturated heterocycles. The lowest BCUT2D eigenvalue weighted by atomic mass is 9.92. The molecule has 0 amide bonds. The molecule has 3 aliphatic heterocycles. The quantitative estimate of drug-likeness (QED) is 0.382. The van der Waals surface area contributed by atoms with E-state index in [9.17, 15) is 14.4 Å². The fraction of sp³-hybridized carbons (Fsp3) is 0.571. The summed E-state index contributed by atoms with van der Waals surface area (Å²) in [6.07, 6.45) is 4.53. The molecule has 0 spiro atoms. The standard InChI is InChI=1S/C15H18O3.C6H9NO6/c1-2-10(4-12-7-16-12)15(6-14-9-18-14)11(3-1)5-13-8-17-13;8-4(9)1-7(2-5(10)11)3-6(12)13/h1-3,12-14H,4-9H2;1-3H2,(H,8,9)(H,10,11)(H,12,13). The van der Waals surface area contributed by atoms with Gasteiger partial charge >= 0.3 is 17.9 Å². The lowest BCUT2D eigenvalue weighted by Crippen LogP contribution is -2.38. The van der Waals surface area contributed by atoms with Crippen LogP contribution >= 0.6 is 0 Å². The van der Waals surface area contributed by atoms with Gasteiger partial charge in [-0.3, -0.25) is 19.3 Å². The second kappa shape index (κ2) is 10.7. The minimum absolute atomic E-state index is 0.449. The van der Waals surface area contributed by atoms with Crippen LogP contribution in [-0.2, 0) is 47.9 Å². The summed E-state index contributed by atoms with van der Waals surface area (Å²) in [6, 6.07) is 6.67. The molecular formula is C21H27NO9. The number of rotatable bonds is 12. The van der Waals surface area contributed by atoms with Crippen molar-refractivity contribution in [1.29, 1.82) is 0 Å². The van der Waals surface area contributed by atoms with E-state index in [0.717, 1.165) is 44.0 Å². The Bertz CT molecular complexity index is 730. The Morgan fingerprint density at radius 3 is 1.42 bits per heavy atom. The molecule has 3 aliphatic rings. The van der Waals surface area contributed by atoms with Crippen LogP contribution in [0.4, 0.5) is 0 Å². The molecule has 0 aliphatic carbocycles. The van der Waals surface area contributed by atoms with Gasteiger partial charge < -0.3 is 29.5 Å². The van der Waals surface area contributed by atoms with Crippen LogP contribution in [0, 0.1) is 0 Å². The number of hydrogen-bond acceptors (Lipinski definition) is 7. The lowest BCUT2D eigenvalue weighted by molar-refractivity contribution is -0.144. The van der Waals surface area contributed by atoms with E-state index >= 15 is 0 Å². The molecule has 0 radical (unpaired) electrons. The van der Waals surface area contributed by atoms with Crippen molar-refractivity contribution in [3.8, 4) is 0 Å². The van der Waals surface area contributed by atoms with Crippen LogP contribution in [0.3, 0.4) is 0 Å². The molecule has 10 nitrogen and oxygen atoms in total. The molecule has 3 atom stereocenters. The third kappa shape index (κ3) is 9.01. The third-order valence-electron chi connectivity index (χ3n) is 4.98. The third-order valence-corrected chi connectivity index (χ3v) is 4.98. The summed E-state index contributed by atoms with van der Waals surface area (Å²) in [4.78, 5) is 31.2. The van der Waals surface area contributed by atoms with E-state index < -0.39 is 37.5 Å². The molecular weight excluding hydrogens is 410 g/mol. The number of aliphatic carboxylic acids is 3. The molecule has 0 aromatic heterocycles. The molecule has 4 rings (SSSR count). The predicted octanol–water partition coefficient (Wildman–Crippen LogP) is 0.0527. The molecule has 3 unspecified atom stereocenters. The van der Waals surface area contributed by atoms with Gasteiger partial charge in [0.25, 0.3) is 0 Å². The van der Waals surface area contributed by atoms with Crippen molar-refractivity contribution in [2.75, 3.05) is 39.5 Å². The smallest absolute Gasteiger partial charge is 0.317 e. The molecule has 3 fully saturated rings. The first-order valence-electron chi connectivity index (χ1n) is 10.1. The Labute approximate surface area is 179 Å². The van der Waals surface area contributed by atoms with E-state index in [1.807, 2.05) is 0 Å². The highest BCUT2D eigenvalue weighted by Gasteiger charge is 2.30. The zero-order valence-electron chi connectivity index (χ0n) is 17.1. The molecule has 3 N–H and O–H groups in total. The normalized spacial score (nSPS) is 22.9. The summed E-state index contributed by atoms with van der Waals surface area (Å²) in [5.41, 5.74) is 4.39. The van der Waals surface area contributed by atoms with Crippen molar-refractivity contribution in [1.82, 2.24) is 4.90 Å². The highest BCUT2D eigenvalue weighted by molar-refractivity contribution is 5.75. The Balaban J connectivity index is 0.000000188. The van der Waals surface area contributed by atoms with Gasteiger partial charge in [-0.1, -0.05) is 18.2 Å². The van der Waals surface area contributed by atoms with Gasteiger partial charge in [-0.25, -0.2) is 0 Å². The molecule has 0 bridgehead atoms. The number of nitrogens with zero attached hydrogens (tertiary/aromatic N) is 1. The highest BCUT2D eigenvalue weighted by Crippen LogP contribution is 2.28. The van der Waals surface area contributed by atoms with Crippen LogP contribution in [-0.4, -0.2) is 95.9 Å². The fourth-order valence-electron chi connectivity index (χ4n) is 3.35. The zero-order valence-corrected chi connectivity index (χ0v) is 17.1. The maximum Gasteiger partial charge on any atom is 0.317 e. The first-order chi connectivity index (χ1) is 14.8. The van der Waals surface area contributed by atoms with Gasteiger partial charge in [0.2, 0.25) is 0 Å². The zero-order chi connectivity index (χ0) is 22.4. The van der Waals surface area contributed by atoms with E-state index in [4.69, 9.17) is 29.5 Å². The summed E-state index contributed by atoms with van der Waals surface area (Å²) < 4.78 is 16.1. The minimum Gasteiger partial charge on any atom is -0.480 e. The van der Waals surface area contributed by atoms with Crippen molar-refractivity contribution in [2.45, 2.75) is 37.6 Å². The fourth-order valence-corrected chi connectivity index (χ4v) is 3.35. The van der Waals surface area contributed by atoms with Crippen LogP contribution in [0.1, 0.15) is 16.7 Å². The van der Waals surface area contributed by atoms with Gasteiger partial charge in [0.1, 0.15) is 0 Å². The van der Waals surface area contributed by atoms with Gasteiger partial charge in [-0.2, -0.15) is 0 Å². The summed E-state index contributed by atoms with van der Waals surface area (Å²) in [5.74, 6) is -3.78. The van der Waals surface area contributed by atoms with E-state index in [-0.39, 0.29) is 0 Å². The van der Waals surface area contributed by atoms with Crippen LogP contribution in [0.2, 0.25) is 0 Å². The predicted molar refractivity (Wildman–Crippen MR) is 106 cm³/mol. The Morgan fingerprint density at radius 1 is 0.742 bits per heavy atom. The maximum atomic E-state index is 10.1. The van der Waals surface area contributed by atoms with Gasteiger partial charge in [0, 0.05) is 19.3 Å². The average Bonchev–Trinajstić information content (AvgIpc) is 3.47. The van der Waals surface area contributed by atoms with Gasteiger partial charge in [-0.05, 0) is 16.7 Å². The van der Waals surface area contributed by atoms with E-state index in [1.165, 1.54) is 16.7 Å². The number of carboxylic acid groups (broad SMARTS) is 3. The Kier molecular flexibility index (Phi) is 7.97. The second-order valence-electron chi connectivity index (χ2n) is 7.86. The molecule has 1 aromatic rings. The van der Waals surface area contributed by atoms with E-state index in [0.29, 0.717) is 18.3 Å². The first kappa shape index (κ1) is 23.1. The molecule has 170 valence electrons. The summed E-state index contributed by atoms with van der Waals surface area (Å²) in [7, 11) is 0. The van der Waals surface area contributed by atoms with E-state index in [2.05, 4.69) is 18.2 Å². The summed E-state index contributed by atoms with van der Waals surface area (Å²) in [6.45, 7) is 0.980. The number of ether oxygens (including phenoxy) is 3. The van der Waals surface area contributed by atoms with Crippen molar-refractivity contribution < 1.29 is 43.9 Å². The Morgan fingerprint density at radius 2 is 1.10 bits per heavy atom. The van der Waals surface area contributed by atoms with Crippen LogP contribution in [0.25, 0.3) is 0 Å². The summed E-state index contributed by atoms with van der Waals surface area (Å²) >= 11 is 0. The second-order valence-corrected chi connectivity index (χ2v) is 7.86. The Hall–Kier alpha value is -2.53. The number of epoxide rings is 3. The van der Waals surface area contributed by atoms with Crippen molar-refractivity contribution in [2.24, 2.45) is 0 Å². The first-order valence-corrected chi connectivity index (χ1v) is 10.1. The summed E-state index contributed by atoms with van der Waals surface area (Å²) in [5, 5.41) is 24.8. The monoisotopic (exact) mass is 437 g/mol. The topological polar surface area (TPSA) is 153 Å². The number of carboxylic acids is 3. The maximum absolute atomic E-state index is 10.1. The van der Waals surface area contributed by atoms with Gasteiger partial charge in [0.15, 0.2) is 0 Å². The van der Waals surface area contributed by atoms with Crippen LogP contribution < -0.4 is 0 Å². The molecule has 31 heavy (non-hydrogen) atoms. The van der Waals surface area contributed by atoms with E-state index in [1.54, 1.807) is 0 Å². The van der Waals surface area contributed by atoms with Crippen molar-refractivity contribution in [3.05, 3.63) is 34.9 Å². The van der Waals surface area contributed by atoms with Crippen LogP contribution in [0.5, 0.6) is 0 Å².